The molecule has 3 unspecified atom stereocenters. The van der Waals surface area contributed by atoms with E-state index in [1.165, 1.54) is 18.8 Å². The van der Waals surface area contributed by atoms with Gasteiger partial charge in [-0.1, -0.05) is 46.9 Å². The van der Waals surface area contributed by atoms with Crippen LogP contribution in [0.15, 0.2) is 52.3 Å². The van der Waals surface area contributed by atoms with Crippen molar-refractivity contribution in [2.75, 3.05) is 19.5 Å². The number of aromatic nitrogens is 1. The Kier molecular flexibility index (Phi) is 6.35. The van der Waals surface area contributed by atoms with Gasteiger partial charge in [0.15, 0.2) is 11.5 Å². The Bertz CT molecular complexity index is 1430. The number of carbonyl (C=O) groups excluding carboxylic acids is 3. The molecule has 1 aromatic heterocycles. The van der Waals surface area contributed by atoms with Crippen molar-refractivity contribution < 1.29 is 23.9 Å². The zero-order valence-corrected chi connectivity index (χ0v) is 21.3. The van der Waals surface area contributed by atoms with E-state index in [-0.39, 0.29) is 23.2 Å². The van der Waals surface area contributed by atoms with Crippen molar-refractivity contribution >= 4 is 46.5 Å². The number of carbonyl (C=O) groups is 3. The van der Waals surface area contributed by atoms with Crippen LogP contribution < -0.4 is 25.0 Å². The lowest BCUT2D eigenvalue weighted by Gasteiger charge is -2.31. The molecule has 2 aromatic carbocycles. The number of methoxy groups -OCH3 is 2. The average Bonchev–Trinajstić information content (AvgIpc) is 3.33. The molecule has 11 heteroatoms. The predicted octanol–water partition coefficient (Wildman–Crippen LogP) is 2.75. The molecule has 3 aromatic rings. The highest BCUT2D eigenvalue weighted by Crippen LogP contribution is 2.52. The standard InChI is InChI=1S/C25H23N3O6S2/c1-12-4-7-14(8-5-12)26-17(29)11-28-24-21(36-25(28)32)18(19-20(35-24)23(31)27-22(19)30)13-6-9-15(33-2)16(10-13)34-3/h4-10,18-20H,11H2,1-3H3,(H,26,29)(H,27,30,31). The summed E-state index contributed by atoms with van der Waals surface area (Å²) in [5.74, 6) is -1.40. The van der Waals surface area contributed by atoms with Crippen LogP contribution in [0.25, 0.3) is 0 Å². The first-order valence-corrected chi connectivity index (χ1v) is 12.8. The number of imide groups is 1. The number of aryl methyl sites for hydroxylation is 1. The van der Waals surface area contributed by atoms with Gasteiger partial charge < -0.3 is 14.8 Å². The topological polar surface area (TPSA) is 116 Å². The number of nitrogens with one attached hydrogen (secondary N) is 2. The van der Waals surface area contributed by atoms with E-state index in [9.17, 15) is 19.2 Å². The zero-order valence-electron chi connectivity index (χ0n) is 19.7. The molecule has 0 radical (unpaired) electrons. The molecule has 0 bridgehead atoms. The minimum Gasteiger partial charge on any atom is -0.493 e. The fourth-order valence-electron chi connectivity index (χ4n) is 4.56. The second-order valence-corrected chi connectivity index (χ2v) is 10.7. The van der Waals surface area contributed by atoms with Crippen molar-refractivity contribution in [2.45, 2.75) is 29.7 Å². The smallest absolute Gasteiger partial charge is 0.308 e. The number of amides is 3. The Balaban J connectivity index is 1.55. The second-order valence-electron chi connectivity index (χ2n) is 8.55. The molecule has 3 amide bonds. The Morgan fingerprint density at radius 2 is 1.75 bits per heavy atom. The molecule has 3 heterocycles. The highest BCUT2D eigenvalue weighted by molar-refractivity contribution is 8.00. The third kappa shape index (κ3) is 4.18. The molecule has 1 fully saturated rings. The Morgan fingerprint density at radius 3 is 2.44 bits per heavy atom. The lowest BCUT2D eigenvalue weighted by atomic mass is 9.83. The zero-order chi connectivity index (χ0) is 25.6. The molecule has 0 saturated carbocycles. The first-order chi connectivity index (χ1) is 17.3. The van der Waals surface area contributed by atoms with Gasteiger partial charge in [-0.15, -0.1) is 0 Å². The maximum atomic E-state index is 13.1. The van der Waals surface area contributed by atoms with Gasteiger partial charge in [0.25, 0.3) is 0 Å². The van der Waals surface area contributed by atoms with Crippen LogP contribution in [0.4, 0.5) is 5.69 Å². The lowest BCUT2D eigenvalue weighted by Crippen LogP contribution is -2.32. The van der Waals surface area contributed by atoms with Crippen LogP contribution in [0.1, 0.15) is 21.9 Å². The van der Waals surface area contributed by atoms with Crippen LogP contribution >= 0.6 is 23.1 Å². The molecule has 0 spiro atoms. The van der Waals surface area contributed by atoms with Crippen LogP contribution in [0.3, 0.4) is 0 Å². The summed E-state index contributed by atoms with van der Waals surface area (Å²) < 4.78 is 12.2. The van der Waals surface area contributed by atoms with Gasteiger partial charge in [0.05, 0.1) is 25.2 Å². The number of thiazole rings is 1. The quantitative estimate of drug-likeness (QED) is 0.476. The van der Waals surface area contributed by atoms with Gasteiger partial charge in [-0.25, -0.2) is 0 Å². The minimum absolute atomic E-state index is 0.211. The molecule has 9 nitrogen and oxygen atoms in total. The largest absolute Gasteiger partial charge is 0.493 e. The number of ether oxygens (including phenoxy) is 2. The molecule has 36 heavy (non-hydrogen) atoms. The van der Waals surface area contributed by atoms with E-state index < -0.39 is 23.0 Å². The summed E-state index contributed by atoms with van der Waals surface area (Å²) in [5, 5.41) is 5.04. The van der Waals surface area contributed by atoms with Crippen LogP contribution in [0, 0.1) is 12.8 Å². The normalized spacial score (nSPS) is 20.4. The first-order valence-electron chi connectivity index (χ1n) is 11.1. The van der Waals surface area contributed by atoms with Gasteiger partial charge in [-0.05, 0) is 36.8 Å². The summed E-state index contributed by atoms with van der Waals surface area (Å²) in [6, 6.07) is 12.6. The van der Waals surface area contributed by atoms with Crippen LogP contribution in [0.2, 0.25) is 0 Å². The van der Waals surface area contributed by atoms with Crippen molar-refractivity contribution in [3.63, 3.8) is 0 Å². The Morgan fingerprint density at radius 1 is 1.03 bits per heavy atom. The molecular weight excluding hydrogens is 502 g/mol. The van der Waals surface area contributed by atoms with E-state index in [4.69, 9.17) is 9.47 Å². The van der Waals surface area contributed by atoms with Crippen molar-refractivity contribution in [1.82, 2.24) is 9.88 Å². The van der Waals surface area contributed by atoms with Crippen molar-refractivity contribution in [2.24, 2.45) is 5.92 Å². The molecule has 0 aliphatic carbocycles. The van der Waals surface area contributed by atoms with Gasteiger partial charge in [-0.2, -0.15) is 0 Å². The van der Waals surface area contributed by atoms with Gasteiger partial charge in [-0.3, -0.25) is 29.1 Å². The fraction of sp³-hybridized carbons (Fsp3) is 0.280. The Hall–Kier alpha value is -3.57. The third-order valence-electron chi connectivity index (χ3n) is 6.29. The van der Waals surface area contributed by atoms with Crippen LogP contribution in [-0.2, 0) is 20.9 Å². The number of thioether (sulfide) groups is 1. The molecule has 3 atom stereocenters. The maximum absolute atomic E-state index is 13.1. The number of anilines is 1. The molecule has 2 aliphatic heterocycles. The van der Waals surface area contributed by atoms with E-state index in [2.05, 4.69) is 10.6 Å². The SMILES string of the molecule is COc1ccc(C2c3sc(=O)n(CC(=O)Nc4ccc(C)cc4)c3SC3C(=O)NC(=O)C32)cc1OC. The molecule has 186 valence electrons. The molecular formula is C25H23N3O6S2. The molecule has 1 saturated heterocycles. The number of hydrogen-bond donors (Lipinski definition) is 2. The monoisotopic (exact) mass is 525 g/mol. The summed E-state index contributed by atoms with van der Waals surface area (Å²) in [6.45, 7) is 1.74. The lowest BCUT2D eigenvalue weighted by molar-refractivity contribution is -0.126. The molecule has 5 rings (SSSR count). The molecule has 2 aliphatic rings. The first kappa shape index (κ1) is 24.1. The summed E-state index contributed by atoms with van der Waals surface area (Å²) in [5.41, 5.74) is 2.40. The second kappa shape index (κ2) is 9.47. The van der Waals surface area contributed by atoms with E-state index in [0.717, 1.165) is 28.7 Å². The van der Waals surface area contributed by atoms with Gasteiger partial charge in [0.1, 0.15) is 11.8 Å². The number of fused-ring (bicyclic) bond motifs is 2. The fourth-order valence-corrected chi connectivity index (χ4v) is 7.30. The number of rotatable bonds is 6. The predicted molar refractivity (Wildman–Crippen MR) is 136 cm³/mol. The Labute approximate surface area is 214 Å². The van der Waals surface area contributed by atoms with Crippen molar-refractivity contribution in [3.8, 4) is 11.5 Å². The highest BCUT2D eigenvalue weighted by Gasteiger charge is 2.53. The number of hydrogen-bond acceptors (Lipinski definition) is 8. The number of benzene rings is 2. The average molecular weight is 526 g/mol. The maximum Gasteiger partial charge on any atom is 0.308 e. The van der Waals surface area contributed by atoms with Crippen LogP contribution in [0.5, 0.6) is 11.5 Å². The van der Waals surface area contributed by atoms with Crippen LogP contribution in [-0.4, -0.2) is 41.8 Å². The van der Waals surface area contributed by atoms with Crippen molar-refractivity contribution in [1.29, 1.82) is 0 Å². The minimum atomic E-state index is -0.719. The summed E-state index contributed by atoms with van der Waals surface area (Å²) in [4.78, 5) is 51.7. The van der Waals surface area contributed by atoms with E-state index in [1.807, 2.05) is 19.1 Å². The summed E-state index contributed by atoms with van der Waals surface area (Å²) in [6.07, 6.45) is 0. The summed E-state index contributed by atoms with van der Waals surface area (Å²) >= 11 is 2.15. The van der Waals surface area contributed by atoms with Gasteiger partial charge >= 0.3 is 4.87 Å². The van der Waals surface area contributed by atoms with E-state index in [1.54, 1.807) is 30.3 Å². The van der Waals surface area contributed by atoms with Gasteiger partial charge in [0, 0.05) is 16.5 Å². The third-order valence-corrected chi connectivity index (χ3v) is 8.91. The highest BCUT2D eigenvalue weighted by atomic mass is 32.2. The number of nitrogens with zero attached hydrogens (tertiary/aromatic N) is 1. The van der Waals surface area contributed by atoms with Crippen molar-refractivity contribution in [3.05, 3.63) is 68.1 Å². The van der Waals surface area contributed by atoms with E-state index in [0.29, 0.717) is 32.7 Å². The van der Waals surface area contributed by atoms with E-state index >= 15 is 0 Å². The summed E-state index contributed by atoms with van der Waals surface area (Å²) in [7, 11) is 3.04. The molecule has 2 N–H and O–H groups in total. The van der Waals surface area contributed by atoms with Gasteiger partial charge in [0.2, 0.25) is 17.7 Å².